The van der Waals surface area contributed by atoms with Crippen molar-refractivity contribution in [3.05, 3.63) is 59.7 Å². The van der Waals surface area contributed by atoms with Gasteiger partial charge >= 0.3 is 6.98 Å². The smallest absolute Gasteiger partial charge is 0.497 e. The van der Waals surface area contributed by atoms with Crippen molar-refractivity contribution >= 4 is 24.6 Å². The van der Waals surface area contributed by atoms with Crippen LogP contribution in [0.2, 0.25) is 0 Å². The largest absolute Gasteiger partial charge is 0.509 e. The fourth-order valence-corrected chi connectivity index (χ4v) is 1.76. The van der Waals surface area contributed by atoms with Crippen LogP contribution in [-0.2, 0) is 0 Å². The Hall–Kier alpha value is -2.17. The van der Waals surface area contributed by atoms with Gasteiger partial charge in [-0.3, -0.25) is 0 Å². The summed E-state index contributed by atoms with van der Waals surface area (Å²) in [4.78, 5) is 0. The summed E-state index contributed by atoms with van der Waals surface area (Å²) in [6, 6.07) is 12.6. The van der Waals surface area contributed by atoms with Gasteiger partial charge in [0.05, 0.1) is 7.11 Å². The van der Waals surface area contributed by atoms with E-state index in [1.165, 1.54) is 12.1 Å². The molecule has 0 amide bonds. The van der Waals surface area contributed by atoms with E-state index in [0.29, 0.717) is 0 Å². The molecule has 1 nitrogen and oxygen atoms in total. The van der Waals surface area contributed by atoms with Crippen LogP contribution in [0, 0.1) is 0 Å². The lowest BCUT2D eigenvalue weighted by Crippen LogP contribution is -2.33. The van der Waals surface area contributed by atoms with Crippen LogP contribution in [0.3, 0.4) is 0 Å². The van der Waals surface area contributed by atoms with E-state index in [4.69, 9.17) is 4.74 Å². The predicted molar refractivity (Wildman–Crippen MR) is 77.1 cm³/mol. The first-order chi connectivity index (χ1) is 9.49. The number of ether oxygens (including phenoxy) is 1. The highest BCUT2D eigenvalue weighted by atomic mass is 19.4. The van der Waals surface area contributed by atoms with Gasteiger partial charge in [-0.15, -0.1) is 5.46 Å². The number of benzene rings is 2. The Kier molecular flexibility index (Phi) is 4.18. The maximum atomic E-state index is 12.5. The average Bonchev–Trinajstić information content (AvgIpc) is 2.45. The maximum Gasteiger partial charge on any atom is 0.509 e. The van der Waals surface area contributed by atoms with Gasteiger partial charge in [0.1, 0.15) is 5.75 Å². The molecule has 0 aliphatic heterocycles. The van der Waals surface area contributed by atoms with Crippen LogP contribution in [0.1, 0.15) is 11.1 Å². The van der Waals surface area contributed by atoms with Crippen LogP contribution < -0.4 is 10.2 Å². The summed E-state index contributed by atoms with van der Waals surface area (Å²) in [5.41, 5.74) is 1.06. The van der Waals surface area contributed by atoms with E-state index in [1.807, 2.05) is 30.3 Å². The second-order valence-corrected chi connectivity index (χ2v) is 4.35. The minimum Gasteiger partial charge on any atom is -0.497 e. The minimum absolute atomic E-state index is 0.580. The van der Waals surface area contributed by atoms with Crippen LogP contribution in [0.4, 0.5) is 12.9 Å². The third-order valence-corrected chi connectivity index (χ3v) is 2.88. The van der Waals surface area contributed by atoms with E-state index in [-0.39, 0.29) is 0 Å². The SMILES string of the molecule is COc1cccc(/C=C\c2ccc([B-](F)(F)F)cc2)c1. The van der Waals surface area contributed by atoms with Crippen LogP contribution in [-0.4, -0.2) is 14.1 Å². The normalized spacial score (nSPS) is 11.8. The Labute approximate surface area is 115 Å². The first kappa shape index (κ1) is 14.2. The van der Waals surface area contributed by atoms with Gasteiger partial charge in [-0.05, 0) is 23.3 Å². The van der Waals surface area contributed by atoms with Crippen molar-refractivity contribution in [2.24, 2.45) is 0 Å². The molecule has 5 heteroatoms. The Bertz CT molecular complexity index is 603. The molecule has 0 unspecified atom stereocenters. The van der Waals surface area contributed by atoms with Gasteiger partial charge < -0.3 is 17.7 Å². The molecule has 0 N–H and O–H groups in total. The van der Waals surface area contributed by atoms with Crippen LogP contribution in [0.25, 0.3) is 12.2 Å². The molecule has 104 valence electrons. The summed E-state index contributed by atoms with van der Waals surface area (Å²) in [5, 5.41) is 0. The number of halogens is 3. The molecule has 0 aliphatic rings. The van der Waals surface area contributed by atoms with E-state index in [0.717, 1.165) is 29.0 Å². The summed E-state index contributed by atoms with van der Waals surface area (Å²) < 4.78 is 42.6. The van der Waals surface area contributed by atoms with Crippen molar-refractivity contribution < 1.29 is 17.7 Å². The van der Waals surface area contributed by atoms with Crippen LogP contribution >= 0.6 is 0 Å². The second kappa shape index (κ2) is 5.86. The fourth-order valence-electron chi connectivity index (χ4n) is 1.76. The lowest BCUT2D eigenvalue weighted by molar-refractivity contribution is 0.414. The van der Waals surface area contributed by atoms with Crippen molar-refractivity contribution in [3.8, 4) is 5.75 Å². The molecule has 0 aromatic heterocycles. The molecule has 0 fully saturated rings. The number of hydrogen-bond donors (Lipinski definition) is 0. The summed E-state index contributed by atoms with van der Waals surface area (Å²) in [6.45, 7) is -4.93. The predicted octanol–water partition coefficient (Wildman–Crippen LogP) is 3.92. The van der Waals surface area contributed by atoms with E-state index in [9.17, 15) is 12.9 Å². The monoisotopic (exact) mass is 277 g/mol. The highest BCUT2D eigenvalue weighted by Gasteiger charge is 2.24. The number of rotatable bonds is 4. The molecule has 0 radical (unpaired) electrons. The van der Waals surface area contributed by atoms with Gasteiger partial charge in [-0.25, -0.2) is 0 Å². The standard InChI is InChI=1S/C15H13BF3O/c1-20-15-4-2-3-13(11-15)6-5-12-7-9-14(10-8-12)16(17,18)19/h2-11H,1H3/q-1/b6-5-. The van der Waals surface area contributed by atoms with E-state index in [1.54, 1.807) is 13.2 Å². The third kappa shape index (κ3) is 3.67. The maximum absolute atomic E-state index is 12.5. The van der Waals surface area contributed by atoms with Crippen molar-refractivity contribution in [1.29, 1.82) is 0 Å². The molecule has 0 atom stereocenters. The van der Waals surface area contributed by atoms with E-state index in [2.05, 4.69) is 0 Å². The lowest BCUT2D eigenvalue weighted by atomic mass is 9.80. The summed E-state index contributed by atoms with van der Waals surface area (Å²) in [6.07, 6.45) is 3.60. The molecule has 2 aromatic rings. The van der Waals surface area contributed by atoms with Gasteiger partial charge in [-0.1, -0.05) is 48.6 Å². The minimum atomic E-state index is -4.93. The zero-order valence-electron chi connectivity index (χ0n) is 10.9. The molecule has 0 saturated carbocycles. The van der Waals surface area contributed by atoms with Gasteiger partial charge in [-0.2, -0.15) is 0 Å². The van der Waals surface area contributed by atoms with Gasteiger partial charge in [0.25, 0.3) is 0 Å². The number of methoxy groups -OCH3 is 1. The molecule has 0 saturated heterocycles. The first-order valence-electron chi connectivity index (χ1n) is 6.11. The molecular weight excluding hydrogens is 264 g/mol. The quantitative estimate of drug-likeness (QED) is 0.608. The first-order valence-corrected chi connectivity index (χ1v) is 6.11. The molecule has 20 heavy (non-hydrogen) atoms. The average molecular weight is 277 g/mol. The summed E-state index contributed by atoms with van der Waals surface area (Å²) >= 11 is 0. The van der Waals surface area contributed by atoms with Crippen LogP contribution in [0.15, 0.2) is 48.5 Å². The zero-order chi connectivity index (χ0) is 14.6. The molecule has 0 bridgehead atoms. The summed E-state index contributed by atoms with van der Waals surface area (Å²) in [7, 11) is 1.58. The topological polar surface area (TPSA) is 9.23 Å². The van der Waals surface area contributed by atoms with E-state index < -0.39 is 12.4 Å². The van der Waals surface area contributed by atoms with Gasteiger partial charge in [0.2, 0.25) is 0 Å². The molecule has 2 aromatic carbocycles. The summed E-state index contributed by atoms with van der Waals surface area (Å²) in [5.74, 6) is 0.738. The van der Waals surface area contributed by atoms with Crippen LogP contribution in [0.5, 0.6) is 5.75 Å². The van der Waals surface area contributed by atoms with Crippen molar-refractivity contribution in [3.63, 3.8) is 0 Å². The Balaban J connectivity index is 2.15. The molecule has 0 heterocycles. The van der Waals surface area contributed by atoms with Crippen molar-refractivity contribution in [2.75, 3.05) is 7.11 Å². The highest BCUT2D eigenvalue weighted by molar-refractivity contribution is 6.73. The Morgan fingerprint density at radius 2 is 1.55 bits per heavy atom. The van der Waals surface area contributed by atoms with Gasteiger partial charge in [0, 0.05) is 0 Å². The molecule has 2 rings (SSSR count). The van der Waals surface area contributed by atoms with Crippen molar-refractivity contribution in [2.45, 2.75) is 0 Å². The Morgan fingerprint density at radius 1 is 0.900 bits per heavy atom. The molecular formula is C15H13BF3O-. The molecule has 0 spiro atoms. The fraction of sp³-hybridized carbons (Fsp3) is 0.0667. The Morgan fingerprint density at radius 3 is 2.15 bits per heavy atom. The highest BCUT2D eigenvalue weighted by Crippen LogP contribution is 2.15. The van der Waals surface area contributed by atoms with Gasteiger partial charge in [0.15, 0.2) is 0 Å². The lowest BCUT2D eigenvalue weighted by Gasteiger charge is -2.14. The van der Waals surface area contributed by atoms with E-state index >= 15 is 0 Å². The zero-order valence-corrected chi connectivity index (χ0v) is 10.9. The molecule has 0 aliphatic carbocycles. The second-order valence-electron chi connectivity index (χ2n) is 4.35. The number of hydrogen-bond acceptors (Lipinski definition) is 1. The van der Waals surface area contributed by atoms with Crippen molar-refractivity contribution in [1.82, 2.24) is 0 Å². The third-order valence-electron chi connectivity index (χ3n) is 2.88.